The molecule has 8 nitrogen and oxygen atoms in total. The first-order valence-corrected chi connectivity index (χ1v) is 10.0. The van der Waals surface area contributed by atoms with Crippen LogP contribution in [0.2, 0.25) is 0 Å². The molecule has 0 saturated carbocycles. The lowest BCUT2D eigenvalue weighted by Gasteiger charge is -2.30. The van der Waals surface area contributed by atoms with Gasteiger partial charge in [-0.05, 0) is 32.0 Å². The van der Waals surface area contributed by atoms with Gasteiger partial charge in [-0.15, -0.1) is 0 Å². The highest BCUT2D eigenvalue weighted by Gasteiger charge is 2.33. The summed E-state index contributed by atoms with van der Waals surface area (Å²) in [4.78, 5) is 15.6. The van der Waals surface area contributed by atoms with Gasteiger partial charge >= 0.3 is 0 Å². The molecule has 0 atom stereocenters. The molecule has 0 unspecified atom stereocenters. The van der Waals surface area contributed by atoms with Crippen LogP contribution in [0.5, 0.6) is 5.88 Å². The number of hydrogen-bond acceptors (Lipinski definition) is 6. The van der Waals surface area contributed by atoms with Crippen LogP contribution in [-0.2, 0) is 10.0 Å². The van der Waals surface area contributed by atoms with Gasteiger partial charge in [0.25, 0.3) is 15.9 Å². The standard InChI is InChI=1S/C18H19F2N3O5S/c1-18(2,25)10-22-16(24)11-7-14-17(21-9-11)28-6-5-23(14)29(26,27)15-4-3-12(19)8-13(15)20/h3-4,7-9,25H,5-6,10H2,1-2H3,(H,22,24). The van der Waals surface area contributed by atoms with Crippen molar-refractivity contribution < 1.29 is 31.8 Å². The lowest BCUT2D eigenvalue weighted by atomic mass is 10.1. The number of anilines is 1. The Bertz CT molecular complexity index is 1050. The highest BCUT2D eigenvalue weighted by Crippen LogP contribution is 2.35. The van der Waals surface area contributed by atoms with Crippen LogP contribution in [0.3, 0.4) is 0 Å². The van der Waals surface area contributed by atoms with Gasteiger partial charge in [0.1, 0.15) is 28.8 Å². The molecule has 0 saturated heterocycles. The summed E-state index contributed by atoms with van der Waals surface area (Å²) in [6, 6.07) is 3.41. The van der Waals surface area contributed by atoms with Crippen molar-refractivity contribution in [1.29, 1.82) is 0 Å². The van der Waals surface area contributed by atoms with Gasteiger partial charge in [0, 0.05) is 18.8 Å². The number of hydrogen-bond donors (Lipinski definition) is 2. The number of nitrogens with zero attached hydrogens (tertiary/aromatic N) is 2. The van der Waals surface area contributed by atoms with E-state index in [-0.39, 0.29) is 36.8 Å². The number of rotatable bonds is 5. The van der Waals surface area contributed by atoms with Crippen LogP contribution in [0.25, 0.3) is 0 Å². The topological polar surface area (TPSA) is 109 Å². The van der Waals surface area contributed by atoms with E-state index in [0.29, 0.717) is 6.07 Å². The number of amides is 1. The minimum absolute atomic E-state index is 0.0262. The van der Waals surface area contributed by atoms with Gasteiger partial charge in [-0.3, -0.25) is 9.10 Å². The van der Waals surface area contributed by atoms with Crippen LogP contribution in [0.15, 0.2) is 35.4 Å². The van der Waals surface area contributed by atoms with E-state index in [0.717, 1.165) is 16.4 Å². The zero-order valence-electron chi connectivity index (χ0n) is 15.6. The van der Waals surface area contributed by atoms with E-state index in [4.69, 9.17) is 4.74 Å². The Morgan fingerprint density at radius 3 is 2.72 bits per heavy atom. The number of benzene rings is 1. The van der Waals surface area contributed by atoms with Gasteiger partial charge in [0.05, 0.1) is 17.7 Å². The molecule has 0 bridgehead atoms. The van der Waals surface area contributed by atoms with Crippen LogP contribution < -0.4 is 14.4 Å². The fourth-order valence-corrected chi connectivity index (χ4v) is 4.14. The molecule has 1 aliphatic heterocycles. The molecular weight excluding hydrogens is 408 g/mol. The van der Waals surface area contributed by atoms with Crippen LogP contribution in [0.1, 0.15) is 24.2 Å². The van der Waals surface area contributed by atoms with Gasteiger partial charge < -0.3 is 15.2 Å². The third kappa shape index (κ3) is 4.46. The Morgan fingerprint density at radius 2 is 2.07 bits per heavy atom. The molecule has 1 aliphatic rings. The summed E-state index contributed by atoms with van der Waals surface area (Å²) in [5.41, 5.74) is -1.16. The van der Waals surface area contributed by atoms with E-state index in [1.165, 1.54) is 26.1 Å². The third-order valence-electron chi connectivity index (χ3n) is 4.04. The van der Waals surface area contributed by atoms with Crippen molar-refractivity contribution in [3.63, 3.8) is 0 Å². The molecule has 1 amide bonds. The van der Waals surface area contributed by atoms with Crippen molar-refractivity contribution in [2.24, 2.45) is 0 Å². The third-order valence-corrected chi connectivity index (χ3v) is 5.89. The number of nitrogens with one attached hydrogen (secondary N) is 1. The molecule has 0 radical (unpaired) electrons. The highest BCUT2D eigenvalue weighted by molar-refractivity contribution is 7.92. The monoisotopic (exact) mass is 427 g/mol. The van der Waals surface area contributed by atoms with Crippen molar-refractivity contribution in [2.75, 3.05) is 24.0 Å². The smallest absolute Gasteiger partial charge is 0.267 e. The van der Waals surface area contributed by atoms with Crippen LogP contribution in [0.4, 0.5) is 14.5 Å². The summed E-state index contributed by atoms with van der Waals surface area (Å²) in [5.74, 6) is -2.76. The maximum Gasteiger partial charge on any atom is 0.267 e. The molecule has 2 N–H and O–H groups in total. The minimum Gasteiger partial charge on any atom is -0.474 e. The Hall–Kier alpha value is -2.79. The average molecular weight is 427 g/mol. The molecule has 2 heterocycles. The first kappa shape index (κ1) is 20.9. The highest BCUT2D eigenvalue weighted by atomic mass is 32.2. The first-order chi connectivity index (χ1) is 13.5. The molecule has 0 aliphatic carbocycles. The van der Waals surface area contributed by atoms with E-state index < -0.39 is 38.1 Å². The number of sulfonamides is 1. The number of pyridine rings is 1. The summed E-state index contributed by atoms with van der Waals surface area (Å²) in [6.07, 6.45) is 1.20. The molecule has 1 aromatic heterocycles. The molecule has 2 aromatic rings. The van der Waals surface area contributed by atoms with E-state index in [1.54, 1.807) is 0 Å². The second-order valence-corrected chi connectivity index (χ2v) is 8.87. The summed E-state index contributed by atoms with van der Waals surface area (Å²) in [6.45, 7) is 2.80. The second kappa shape index (κ2) is 7.56. The van der Waals surface area contributed by atoms with E-state index in [1.807, 2.05) is 0 Å². The van der Waals surface area contributed by atoms with Crippen LogP contribution >= 0.6 is 0 Å². The SMILES string of the molecule is CC(C)(O)CNC(=O)c1cnc2c(c1)N(S(=O)(=O)c1ccc(F)cc1F)CCO2. The van der Waals surface area contributed by atoms with Gasteiger partial charge in [0.15, 0.2) is 0 Å². The van der Waals surface area contributed by atoms with Gasteiger partial charge in [-0.25, -0.2) is 22.2 Å². The average Bonchev–Trinajstić information content (AvgIpc) is 2.64. The predicted octanol–water partition coefficient (Wildman–Crippen LogP) is 1.45. The molecule has 3 rings (SSSR count). The number of halogens is 2. The number of aromatic nitrogens is 1. The van der Waals surface area contributed by atoms with E-state index >= 15 is 0 Å². The lowest BCUT2D eigenvalue weighted by molar-refractivity contribution is 0.0694. The van der Waals surface area contributed by atoms with Crippen molar-refractivity contribution in [3.8, 4) is 5.88 Å². The Morgan fingerprint density at radius 1 is 1.34 bits per heavy atom. The quantitative estimate of drug-likeness (QED) is 0.748. The molecule has 29 heavy (non-hydrogen) atoms. The van der Waals surface area contributed by atoms with Crippen LogP contribution in [-0.4, -0.2) is 49.7 Å². The number of fused-ring (bicyclic) bond motifs is 1. The van der Waals surface area contributed by atoms with E-state index in [9.17, 15) is 27.1 Å². The molecular formula is C18H19F2N3O5S. The Labute approximate surface area is 166 Å². The number of carbonyl (C=O) groups is 1. The molecule has 156 valence electrons. The van der Waals surface area contributed by atoms with Crippen molar-refractivity contribution in [2.45, 2.75) is 24.3 Å². The maximum atomic E-state index is 14.1. The van der Waals surface area contributed by atoms with Gasteiger partial charge in [-0.2, -0.15) is 0 Å². The number of carbonyl (C=O) groups excluding carboxylic acids is 1. The lowest BCUT2D eigenvalue weighted by Crippen LogP contribution is -2.40. The van der Waals surface area contributed by atoms with Gasteiger partial charge in [-0.1, -0.05) is 0 Å². The molecule has 0 spiro atoms. The van der Waals surface area contributed by atoms with Crippen LogP contribution in [0, 0.1) is 11.6 Å². The zero-order chi connectivity index (χ0) is 21.4. The number of aliphatic hydroxyl groups is 1. The largest absolute Gasteiger partial charge is 0.474 e. The first-order valence-electron chi connectivity index (χ1n) is 8.60. The zero-order valence-corrected chi connectivity index (χ0v) is 16.5. The second-order valence-electron chi connectivity index (χ2n) is 7.04. The fraction of sp³-hybridized carbons (Fsp3) is 0.333. The summed E-state index contributed by atoms with van der Waals surface area (Å²) in [7, 11) is -4.40. The Balaban J connectivity index is 1.98. The van der Waals surface area contributed by atoms with E-state index in [2.05, 4.69) is 10.3 Å². The summed E-state index contributed by atoms with van der Waals surface area (Å²) < 4.78 is 59.4. The summed E-state index contributed by atoms with van der Waals surface area (Å²) in [5, 5.41) is 12.2. The van der Waals surface area contributed by atoms with Gasteiger partial charge in [0.2, 0.25) is 5.88 Å². The van der Waals surface area contributed by atoms with Crippen molar-refractivity contribution in [3.05, 3.63) is 47.7 Å². The molecule has 1 aromatic carbocycles. The molecule has 11 heteroatoms. The van der Waals surface area contributed by atoms with Crippen molar-refractivity contribution in [1.82, 2.24) is 10.3 Å². The summed E-state index contributed by atoms with van der Waals surface area (Å²) >= 11 is 0. The normalized spacial score (nSPS) is 14.2. The fourth-order valence-electron chi connectivity index (χ4n) is 2.65. The number of ether oxygens (including phenoxy) is 1. The predicted molar refractivity (Wildman–Crippen MR) is 99.3 cm³/mol. The minimum atomic E-state index is -4.40. The molecule has 0 fully saturated rings. The Kier molecular flexibility index (Phi) is 5.46. The maximum absolute atomic E-state index is 14.1. The van der Waals surface area contributed by atoms with Crippen molar-refractivity contribution >= 4 is 21.6 Å².